The number of ether oxygens (including phenoxy) is 2. The summed E-state index contributed by atoms with van der Waals surface area (Å²) in [5.74, 6) is -1.32. The molecule has 2 unspecified atom stereocenters. The van der Waals surface area contributed by atoms with E-state index in [4.69, 9.17) is 15.2 Å². The standard InChI is InChI=1S/C30H42N4O6/c1-18-10-11-20(16-19(18)2)25(26(36)32-21-12-14-22(39-9)15-13-21)34(29(3,4)5)27(37)23(17-24(31)35)33-28(38)40-30(6,7)8/h10-16,23,25H,17H2,1-9H3,(H2,31,35)(H,32,36)(H,33,38). The Labute approximate surface area is 236 Å². The minimum Gasteiger partial charge on any atom is -0.497 e. The van der Waals surface area contributed by atoms with Crippen LogP contribution in [0.2, 0.25) is 0 Å². The average Bonchev–Trinajstić information content (AvgIpc) is 2.81. The number of nitrogens with one attached hydrogen (secondary N) is 2. The molecule has 2 aromatic rings. The molecular weight excluding hydrogens is 512 g/mol. The van der Waals surface area contributed by atoms with Crippen LogP contribution in [0, 0.1) is 13.8 Å². The van der Waals surface area contributed by atoms with Crippen LogP contribution in [-0.2, 0) is 19.1 Å². The van der Waals surface area contributed by atoms with Gasteiger partial charge in [-0.15, -0.1) is 0 Å². The third kappa shape index (κ3) is 9.00. The third-order valence-corrected chi connectivity index (χ3v) is 6.07. The Morgan fingerprint density at radius 3 is 2.00 bits per heavy atom. The molecule has 0 spiro atoms. The molecule has 0 aliphatic carbocycles. The van der Waals surface area contributed by atoms with E-state index in [-0.39, 0.29) is 0 Å². The fourth-order valence-corrected chi connectivity index (χ4v) is 4.10. The molecule has 10 nitrogen and oxygen atoms in total. The quantitative estimate of drug-likeness (QED) is 0.420. The van der Waals surface area contributed by atoms with Crippen LogP contribution in [0.15, 0.2) is 42.5 Å². The molecule has 0 saturated carbocycles. The van der Waals surface area contributed by atoms with Crippen molar-refractivity contribution in [3.63, 3.8) is 0 Å². The van der Waals surface area contributed by atoms with Crippen LogP contribution >= 0.6 is 0 Å². The summed E-state index contributed by atoms with van der Waals surface area (Å²) in [7, 11) is 1.55. The van der Waals surface area contributed by atoms with Crippen molar-refractivity contribution in [1.29, 1.82) is 0 Å². The van der Waals surface area contributed by atoms with Gasteiger partial charge in [-0.2, -0.15) is 0 Å². The first-order chi connectivity index (χ1) is 18.4. The van der Waals surface area contributed by atoms with Gasteiger partial charge >= 0.3 is 6.09 Å². The highest BCUT2D eigenvalue weighted by atomic mass is 16.6. The molecule has 0 heterocycles. The maximum absolute atomic E-state index is 14.2. The summed E-state index contributed by atoms with van der Waals surface area (Å²) in [6.45, 7) is 14.2. The predicted octanol–water partition coefficient (Wildman–Crippen LogP) is 4.39. The highest BCUT2D eigenvalue weighted by molar-refractivity contribution is 6.00. The van der Waals surface area contributed by atoms with Crippen molar-refractivity contribution in [2.24, 2.45) is 5.73 Å². The Bertz CT molecular complexity index is 1230. The van der Waals surface area contributed by atoms with E-state index in [0.717, 1.165) is 11.1 Å². The van der Waals surface area contributed by atoms with Gasteiger partial charge in [0.25, 0.3) is 5.91 Å². The van der Waals surface area contributed by atoms with Crippen LogP contribution in [0.1, 0.15) is 70.7 Å². The van der Waals surface area contributed by atoms with Gasteiger partial charge in [-0.25, -0.2) is 4.79 Å². The minimum absolute atomic E-state index is 0.480. The lowest BCUT2D eigenvalue weighted by molar-refractivity contribution is -0.147. The van der Waals surface area contributed by atoms with E-state index in [9.17, 15) is 19.2 Å². The Hall–Kier alpha value is -4.08. The highest BCUT2D eigenvalue weighted by Crippen LogP contribution is 2.32. The normalized spacial score (nSPS) is 13.0. The molecule has 0 bridgehead atoms. The number of amides is 4. The molecule has 2 atom stereocenters. The molecular formula is C30H42N4O6. The van der Waals surface area contributed by atoms with Gasteiger partial charge in [-0.3, -0.25) is 14.4 Å². The monoisotopic (exact) mass is 554 g/mol. The first kappa shape index (κ1) is 32.1. The lowest BCUT2D eigenvalue weighted by Crippen LogP contribution is -2.58. The SMILES string of the molecule is COc1ccc(NC(=O)C(c2ccc(C)c(C)c2)N(C(=O)C(CC(N)=O)NC(=O)OC(C)(C)C)C(C)(C)C)cc1. The van der Waals surface area contributed by atoms with Crippen LogP contribution in [0.3, 0.4) is 0 Å². The second-order valence-electron chi connectivity index (χ2n) is 11.7. The van der Waals surface area contributed by atoms with Gasteiger partial charge < -0.3 is 30.7 Å². The van der Waals surface area contributed by atoms with Gasteiger partial charge in [0.15, 0.2) is 0 Å². The molecule has 0 radical (unpaired) electrons. The molecule has 218 valence electrons. The smallest absolute Gasteiger partial charge is 0.408 e. The number of carbonyl (C=O) groups is 4. The van der Waals surface area contributed by atoms with Gasteiger partial charge in [0.2, 0.25) is 11.8 Å². The number of carbonyl (C=O) groups excluding carboxylic acids is 4. The van der Waals surface area contributed by atoms with Crippen LogP contribution in [0.5, 0.6) is 5.75 Å². The average molecular weight is 555 g/mol. The van der Waals surface area contributed by atoms with Gasteiger partial charge in [-0.05, 0) is 96.3 Å². The van der Waals surface area contributed by atoms with E-state index in [2.05, 4.69) is 10.6 Å². The summed E-state index contributed by atoms with van der Waals surface area (Å²) in [6.07, 6.45) is -1.36. The van der Waals surface area contributed by atoms with E-state index in [1.807, 2.05) is 26.0 Å². The lowest BCUT2D eigenvalue weighted by atomic mass is 9.93. The molecule has 2 aromatic carbocycles. The highest BCUT2D eigenvalue weighted by Gasteiger charge is 2.42. The van der Waals surface area contributed by atoms with E-state index in [0.29, 0.717) is 17.0 Å². The Balaban J connectivity index is 2.62. The van der Waals surface area contributed by atoms with E-state index in [1.54, 1.807) is 79.0 Å². The molecule has 2 rings (SSSR count). The predicted molar refractivity (Wildman–Crippen MR) is 154 cm³/mol. The molecule has 0 fully saturated rings. The number of anilines is 1. The maximum Gasteiger partial charge on any atom is 0.408 e. The van der Waals surface area contributed by atoms with Gasteiger partial charge in [0.05, 0.1) is 13.5 Å². The number of primary amides is 1. The van der Waals surface area contributed by atoms with Crippen molar-refractivity contribution in [2.45, 2.75) is 85.0 Å². The van der Waals surface area contributed by atoms with E-state index < -0.39 is 53.5 Å². The number of benzene rings is 2. The number of alkyl carbamates (subject to hydrolysis) is 1. The number of nitrogens with zero attached hydrogens (tertiary/aromatic N) is 1. The summed E-state index contributed by atoms with van der Waals surface area (Å²) in [6, 6.07) is 9.83. The number of hydrogen-bond acceptors (Lipinski definition) is 6. The first-order valence-electron chi connectivity index (χ1n) is 13.1. The zero-order valence-electron chi connectivity index (χ0n) is 24.9. The maximum atomic E-state index is 14.2. The Morgan fingerprint density at radius 1 is 0.925 bits per heavy atom. The molecule has 10 heteroatoms. The summed E-state index contributed by atoms with van der Waals surface area (Å²) in [5.41, 5.74) is 6.71. The number of rotatable bonds is 9. The van der Waals surface area contributed by atoms with Crippen molar-refractivity contribution < 1.29 is 28.7 Å². The van der Waals surface area contributed by atoms with Crippen molar-refractivity contribution in [3.05, 3.63) is 59.2 Å². The van der Waals surface area contributed by atoms with Crippen LogP contribution in [-0.4, -0.2) is 53.0 Å². The van der Waals surface area contributed by atoms with Crippen molar-refractivity contribution in [2.75, 3.05) is 12.4 Å². The number of nitrogens with two attached hydrogens (primary N) is 1. The van der Waals surface area contributed by atoms with Gasteiger partial charge in [0.1, 0.15) is 23.4 Å². The minimum atomic E-state index is -1.37. The van der Waals surface area contributed by atoms with Crippen molar-refractivity contribution in [1.82, 2.24) is 10.2 Å². The first-order valence-corrected chi connectivity index (χ1v) is 13.1. The van der Waals surface area contributed by atoms with Gasteiger partial charge in [-0.1, -0.05) is 18.2 Å². The summed E-state index contributed by atoms with van der Waals surface area (Å²) in [5, 5.41) is 5.38. The number of methoxy groups -OCH3 is 1. The molecule has 0 saturated heterocycles. The summed E-state index contributed by atoms with van der Waals surface area (Å²) < 4.78 is 10.5. The number of hydrogen-bond donors (Lipinski definition) is 3. The zero-order valence-corrected chi connectivity index (χ0v) is 24.9. The van der Waals surface area contributed by atoms with E-state index >= 15 is 0 Å². The van der Waals surface area contributed by atoms with Crippen LogP contribution in [0.25, 0.3) is 0 Å². The Morgan fingerprint density at radius 2 is 1.52 bits per heavy atom. The summed E-state index contributed by atoms with van der Waals surface area (Å²) >= 11 is 0. The van der Waals surface area contributed by atoms with E-state index in [1.165, 1.54) is 4.90 Å². The molecule has 4 amide bonds. The second-order valence-corrected chi connectivity index (χ2v) is 11.7. The lowest BCUT2D eigenvalue weighted by Gasteiger charge is -2.43. The van der Waals surface area contributed by atoms with Gasteiger partial charge in [0, 0.05) is 11.2 Å². The second kappa shape index (κ2) is 12.8. The molecule has 4 N–H and O–H groups in total. The van der Waals surface area contributed by atoms with Crippen LogP contribution < -0.4 is 21.1 Å². The van der Waals surface area contributed by atoms with Crippen LogP contribution in [0.4, 0.5) is 10.5 Å². The van der Waals surface area contributed by atoms with Crippen molar-refractivity contribution in [3.8, 4) is 5.75 Å². The fourth-order valence-electron chi connectivity index (χ4n) is 4.10. The third-order valence-electron chi connectivity index (χ3n) is 6.07. The molecule has 0 aromatic heterocycles. The number of aryl methyl sites for hydroxylation is 2. The molecule has 40 heavy (non-hydrogen) atoms. The largest absolute Gasteiger partial charge is 0.497 e. The molecule has 0 aliphatic heterocycles. The summed E-state index contributed by atoms with van der Waals surface area (Å²) in [4.78, 5) is 54.1. The molecule has 0 aliphatic rings. The zero-order chi connectivity index (χ0) is 30.4. The van der Waals surface area contributed by atoms with Crippen molar-refractivity contribution >= 4 is 29.5 Å². The fraction of sp³-hybridized carbons (Fsp3) is 0.467. The topological polar surface area (TPSA) is 140 Å². The Kier molecular flexibility index (Phi) is 10.3.